The van der Waals surface area contributed by atoms with Crippen LogP contribution in [0.15, 0.2) is 47.0 Å². The Bertz CT molecular complexity index is 1370. The SMILES string of the molecule is CNC(=O)COc1cccc(NC(=O)c2cc(-c3cc(C)oc3C)nc3c2cnn3C(C)C)c1. The van der Waals surface area contributed by atoms with E-state index in [9.17, 15) is 9.59 Å². The molecule has 3 aromatic heterocycles. The van der Waals surface area contributed by atoms with Crippen molar-refractivity contribution in [3.63, 3.8) is 0 Å². The minimum atomic E-state index is -0.307. The molecule has 1 aromatic carbocycles. The Morgan fingerprint density at radius 3 is 2.65 bits per heavy atom. The molecular weight excluding hydrogens is 434 g/mol. The van der Waals surface area contributed by atoms with Crippen LogP contribution >= 0.6 is 0 Å². The van der Waals surface area contributed by atoms with E-state index in [0.29, 0.717) is 33.7 Å². The maximum Gasteiger partial charge on any atom is 0.257 e. The maximum absolute atomic E-state index is 13.4. The highest BCUT2D eigenvalue weighted by atomic mass is 16.5. The van der Waals surface area contributed by atoms with Gasteiger partial charge in [0.2, 0.25) is 0 Å². The van der Waals surface area contributed by atoms with Gasteiger partial charge < -0.3 is 19.8 Å². The number of aryl methyl sites for hydroxylation is 2. The van der Waals surface area contributed by atoms with Crippen LogP contribution in [0.5, 0.6) is 5.75 Å². The Morgan fingerprint density at radius 2 is 1.97 bits per heavy atom. The summed E-state index contributed by atoms with van der Waals surface area (Å²) in [5.74, 6) is 1.42. The number of benzene rings is 1. The first-order valence-electron chi connectivity index (χ1n) is 11.0. The van der Waals surface area contributed by atoms with Crippen molar-refractivity contribution in [2.75, 3.05) is 19.0 Å². The van der Waals surface area contributed by atoms with Gasteiger partial charge in [-0.05, 0) is 52.0 Å². The van der Waals surface area contributed by atoms with Crippen LogP contribution < -0.4 is 15.4 Å². The van der Waals surface area contributed by atoms with Crippen molar-refractivity contribution in [3.05, 3.63) is 59.7 Å². The normalized spacial score (nSPS) is 11.1. The summed E-state index contributed by atoms with van der Waals surface area (Å²) in [6.45, 7) is 7.66. The molecular formula is C25H27N5O4. The van der Waals surface area contributed by atoms with Crippen LogP contribution in [-0.2, 0) is 4.79 Å². The smallest absolute Gasteiger partial charge is 0.257 e. The second kappa shape index (κ2) is 9.38. The highest BCUT2D eigenvalue weighted by molar-refractivity contribution is 6.12. The number of hydrogen-bond donors (Lipinski definition) is 2. The third kappa shape index (κ3) is 4.63. The number of pyridine rings is 1. The number of nitrogens with one attached hydrogen (secondary N) is 2. The minimum Gasteiger partial charge on any atom is -0.484 e. The summed E-state index contributed by atoms with van der Waals surface area (Å²) < 4.78 is 13.0. The molecule has 2 N–H and O–H groups in total. The predicted molar refractivity (Wildman–Crippen MR) is 129 cm³/mol. The number of aromatic nitrogens is 3. The van der Waals surface area contributed by atoms with E-state index in [1.165, 1.54) is 0 Å². The van der Waals surface area contributed by atoms with E-state index in [1.54, 1.807) is 48.3 Å². The van der Waals surface area contributed by atoms with Gasteiger partial charge in [-0.15, -0.1) is 0 Å². The maximum atomic E-state index is 13.4. The van der Waals surface area contributed by atoms with Crippen molar-refractivity contribution < 1.29 is 18.7 Å². The number of likely N-dealkylation sites (N-methyl/N-ethyl adjacent to an activating group) is 1. The van der Waals surface area contributed by atoms with E-state index in [2.05, 4.69) is 15.7 Å². The molecule has 0 aliphatic rings. The van der Waals surface area contributed by atoms with E-state index in [0.717, 1.165) is 17.1 Å². The topological polar surface area (TPSA) is 111 Å². The standard InChI is InChI=1S/C25H27N5O4/c1-14(2)30-24-21(12-27-30)20(11-22(29-24)19-9-15(3)34-16(19)4)25(32)28-17-7-6-8-18(10-17)33-13-23(31)26-5/h6-12,14H,13H2,1-5H3,(H,26,31)(H,28,32). The van der Waals surface area contributed by atoms with E-state index < -0.39 is 0 Å². The molecule has 34 heavy (non-hydrogen) atoms. The van der Waals surface area contributed by atoms with E-state index in [1.807, 2.05) is 33.8 Å². The number of amides is 2. The molecule has 0 saturated carbocycles. The van der Waals surface area contributed by atoms with E-state index >= 15 is 0 Å². The number of ether oxygens (including phenoxy) is 1. The molecule has 0 spiro atoms. The fraction of sp³-hybridized carbons (Fsp3) is 0.280. The molecule has 4 rings (SSSR count). The van der Waals surface area contributed by atoms with Crippen molar-refractivity contribution in [3.8, 4) is 17.0 Å². The Balaban J connectivity index is 1.71. The zero-order chi connectivity index (χ0) is 24.4. The Labute approximate surface area is 197 Å². The van der Waals surface area contributed by atoms with Crippen molar-refractivity contribution in [2.24, 2.45) is 0 Å². The van der Waals surface area contributed by atoms with Crippen LogP contribution in [0, 0.1) is 13.8 Å². The lowest BCUT2D eigenvalue weighted by Gasteiger charge is -2.12. The number of carbonyl (C=O) groups is 2. The summed E-state index contributed by atoms with van der Waals surface area (Å²) in [7, 11) is 1.54. The molecule has 4 aromatic rings. The molecule has 0 aliphatic heterocycles. The first-order valence-corrected chi connectivity index (χ1v) is 11.0. The summed E-state index contributed by atoms with van der Waals surface area (Å²) >= 11 is 0. The molecule has 9 nitrogen and oxygen atoms in total. The second-order valence-corrected chi connectivity index (χ2v) is 8.25. The number of nitrogens with zero attached hydrogens (tertiary/aromatic N) is 3. The molecule has 2 amide bonds. The lowest BCUT2D eigenvalue weighted by molar-refractivity contribution is -0.122. The molecule has 176 valence electrons. The lowest BCUT2D eigenvalue weighted by atomic mass is 10.1. The van der Waals surface area contributed by atoms with Gasteiger partial charge in [0.15, 0.2) is 12.3 Å². The van der Waals surface area contributed by atoms with E-state index in [-0.39, 0.29) is 24.5 Å². The van der Waals surface area contributed by atoms with Crippen LogP contribution in [0.4, 0.5) is 5.69 Å². The zero-order valence-corrected chi connectivity index (χ0v) is 19.8. The fourth-order valence-corrected chi connectivity index (χ4v) is 3.69. The Morgan fingerprint density at radius 1 is 1.18 bits per heavy atom. The Kier molecular flexibility index (Phi) is 6.36. The molecule has 0 bridgehead atoms. The van der Waals surface area contributed by atoms with Gasteiger partial charge >= 0.3 is 0 Å². The highest BCUT2D eigenvalue weighted by Crippen LogP contribution is 2.30. The monoisotopic (exact) mass is 461 g/mol. The number of fused-ring (bicyclic) bond motifs is 1. The number of anilines is 1. The minimum absolute atomic E-state index is 0.0671. The van der Waals surface area contributed by atoms with Crippen molar-refractivity contribution in [2.45, 2.75) is 33.7 Å². The first kappa shape index (κ1) is 23.0. The zero-order valence-electron chi connectivity index (χ0n) is 19.8. The summed E-state index contributed by atoms with van der Waals surface area (Å²) in [6, 6.07) is 10.6. The number of hydrogen-bond acceptors (Lipinski definition) is 6. The largest absolute Gasteiger partial charge is 0.484 e. The van der Waals surface area contributed by atoms with Gasteiger partial charge in [0.05, 0.1) is 22.8 Å². The number of carbonyl (C=O) groups excluding carboxylic acids is 2. The number of furan rings is 1. The van der Waals surface area contributed by atoms with Crippen molar-refractivity contribution >= 4 is 28.5 Å². The van der Waals surface area contributed by atoms with Gasteiger partial charge in [0.25, 0.3) is 11.8 Å². The lowest BCUT2D eigenvalue weighted by Crippen LogP contribution is -2.24. The van der Waals surface area contributed by atoms with Gasteiger partial charge in [-0.1, -0.05) is 6.07 Å². The summed E-state index contributed by atoms with van der Waals surface area (Å²) in [6.07, 6.45) is 1.66. The highest BCUT2D eigenvalue weighted by Gasteiger charge is 2.20. The first-order chi connectivity index (χ1) is 16.3. The molecule has 0 radical (unpaired) electrons. The summed E-state index contributed by atoms with van der Waals surface area (Å²) in [5.41, 5.74) is 3.07. The molecule has 9 heteroatoms. The predicted octanol–water partition coefficient (Wildman–Crippen LogP) is 4.27. The Hall–Kier alpha value is -4.14. The third-order valence-electron chi connectivity index (χ3n) is 5.36. The van der Waals surface area contributed by atoms with Crippen LogP contribution in [0.25, 0.3) is 22.3 Å². The molecule has 0 unspecified atom stereocenters. The van der Waals surface area contributed by atoms with Crippen molar-refractivity contribution in [1.82, 2.24) is 20.1 Å². The van der Waals surface area contributed by atoms with Gasteiger partial charge in [-0.3, -0.25) is 9.59 Å². The summed E-state index contributed by atoms with van der Waals surface area (Å²) in [5, 5.41) is 10.5. The molecule has 0 saturated heterocycles. The summed E-state index contributed by atoms with van der Waals surface area (Å²) in [4.78, 5) is 29.7. The third-order valence-corrected chi connectivity index (χ3v) is 5.36. The average molecular weight is 462 g/mol. The fourth-order valence-electron chi connectivity index (χ4n) is 3.69. The average Bonchev–Trinajstić information content (AvgIpc) is 3.39. The van der Waals surface area contributed by atoms with Crippen LogP contribution in [-0.4, -0.2) is 40.2 Å². The molecule has 0 fully saturated rings. The van der Waals surface area contributed by atoms with Crippen molar-refractivity contribution in [1.29, 1.82) is 0 Å². The van der Waals surface area contributed by atoms with Gasteiger partial charge in [-0.25, -0.2) is 9.67 Å². The second-order valence-electron chi connectivity index (χ2n) is 8.25. The van der Waals surface area contributed by atoms with Gasteiger partial charge in [-0.2, -0.15) is 5.10 Å². The quantitative estimate of drug-likeness (QED) is 0.425. The van der Waals surface area contributed by atoms with Crippen LogP contribution in [0.1, 0.15) is 41.8 Å². The molecule has 3 heterocycles. The van der Waals surface area contributed by atoms with Crippen LogP contribution in [0.3, 0.4) is 0 Å². The van der Waals surface area contributed by atoms with Crippen LogP contribution in [0.2, 0.25) is 0 Å². The molecule has 0 atom stereocenters. The molecule has 0 aliphatic carbocycles. The van der Waals surface area contributed by atoms with E-state index in [4.69, 9.17) is 14.1 Å². The van der Waals surface area contributed by atoms with Gasteiger partial charge in [0, 0.05) is 30.4 Å². The van der Waals surface area contributed by atoms with Gasteiger partial charge in [0.1, 0.15) is 17.3 Å². The number of rotatable bonds is 7.